The van der Waals surface area contributed by atoms with Crippen LogP contribution in [-0.2, 0) is 6.54 Å². The van der Waals surface area contributed by atoms with Crippen molar-refractivity contribution in [3.05, 3.63) is 53.4 Å². The van der Waals surface area contributed by atoms with Crippen molar-refractivity contribution in [2.75, 3.05) is 26.2 Å². The highest BCUT2D eigenvalue weighted by molar-refractivity contribution is 7.15. The zero-order valence-corrected chi connectivity index (χ0v) is 17.6. The molecule has 0 bridgehead atoms. The summed E-state index contributed by atoms with van der Waals surface area (Å²) in [6.07, 6.45) is 5.57. The van der Waals surface area contributed by atoms with E-state index in [1.165, 1.54) is 16.0 Å². The van der Waals surface area contributed by atoms with Gasteiger partial charge in [-0.1, -0.05) is 0 Å². The van der Waals surface area contributed by atoms with Crippen LogP contribution in [0.5, 0.6) is 0 Å². The SMILES string of the molecule is O=C(c1ccco1)N1CC(O)CC2(CCN(Cc3ccc(-c4ccn[nH]4)s3)CC2)C1. The summed E-state index contributed by atoms with van der Waals surface area (Å²) in [4.78, 5) is 19.5. The smallest absolute Gasteiger partial charge is 0.289 e. The van der Waals surface area contributed by atoms with Gasteiger partial charge in [-0.15, -0.1) is 11.3 Å². The standard InChI is InChI=1S/C22H26N4O3S/c27-16-12-22(15-26(13-16)21(28)19-2-1-11-29-19)6-9-25(10-7-22)14-17-3-4-20(30-17)18-5-8-23-24-18/h1-5,8,11,16,27H,6-7,9-10,12-15H2,(H,23,24). The molecule has 2 aliphatic heterocycles. The van der Waals surface area contributed by atoms with Crippen LogP contribution in [0.2, 0.25) is 0 Å². The molecule has 2 aliphatic rings. The Bertz CT molecular complexity index is 974. The number of piperidine rings is 2. The van der Waals surface area contributed by atoms with Crippen LogP contribution in [0.4, 0.5) is 0 Å². The Hall–Kier alpha value is -2.42. The lowest BCUT2D eigenvalue weighted by atomic mass is 9.71. The molecule has 1 atom stereocenters. The van der Waals surface area contributed by atoms with Crippen molar-refractivity contribution in [2.45, 2.75) is 31.9 Å². The van der Waals surface area contributed by atoms with Crippen molar-refractivity contribution in [1.29, 1.82) is 0 Å². The number of hydrogen-bond acceptors (Lipinski definition) is 6. The Morgan fingerprint density at radius 2 is 2.17 bits per heavy atom. The maximum atomic E-state index is 12.7. The Morgan fingerprint density at radius 3 is 2.90 bits per heavy atom. The zero-order chi connectivity index (χ0) is 20.6. The highest BCUT2D eigenvalue weighted by atomic mass is 32.1. The molecule has 0 aromatic carbocycles. The molecule has 2 fully saturated rings. The quantitative estimate of drug-likeness (QED) is 0.669. The van der Waals surface area contributed by atoms with Crippen molar-refractivity contribution < 1.29 is 14.3 Å². The van der Waals surface area contributed by atoms with E-state index >= 15 is 0 Å². The number of nitrogens with one attached hydrogen (secondary N) is 1. The number of likely N-dealkylation sites (tertiary alicyclic amines) is 2. The Balaban J connectivity index is 1.21. The van der Waals surface area contributed by atoms with Gasteiger partial charge in [-0.3, -0.25) is 14.8 Å². The van der Waals surface area contributed by atoms with Crippen LogP contribution in [-0.4, -0.2) is 63.3 Å². The van der Waals surface area contributed by atoms with Crippen LogP contribution in [0.1, 0.15) is 34.7 Å². The first kappa shape index (κ1) is 19.5. The summed E-state index contributed by atoms with van der Waals surface area (Å²) in [7, 11) is 0. The fraction of sp³-hybridized carbons (Fsp3) is 0.455. The minimum absolute atomic E-state index is 0.00700. The molecule has 8 heteroatoms. The van der Waals surface area contributed by atoms with Crippen LogP contribution < -0.4 is 0 Å². The van der Waals surface area contributed by atoms with E-state index in [4.69, 9.17) is 4.42 Å². The number of carbonyl (C=O) groups is 1. The number of H-pyrrole nitrogens is 1. The molecule has 1 spiro atoms. The highest BCUT2D eigenvalue weighted by Gasteiger charge is 2.43. The molecule has 1 unspecified atom stereocenters. The summed E-state index contributed by atoms with van der Waals surface area (Å²) in [5.74, 6) is 0.230. The Labute approximate surface area is 179 Å². The van der Waals surface area contributed by atoms with E-state index in [1.54, 1.807) is 34.6 Å². The Morgan fingerprint density at radius 1 is 1.30 bits per heavy atom. The fourth-order valence-corrected chi connectivity index (χ4v) is 5.86. The number of amides is 1. The molecule has 0 radical (unpaired) electrons. The van der Waals surface area contributed by atoms with E-state index < -0.39 is 6.10 Å². The first-order chi connectivity index (χ1) is 14.6. The number of thiophene rings is 1. The maximum Gasteiger partial charge on any atom is 0.289 e. The van der Waals surface area contributed by atoms with Crippen LogP contribution in [0, 0.1) is 5.41 Å². The van der Waals surface area contributed by atoms with Crippen molar-refractivity contribution in [3.63, 3.8) is 0 Å². The van der Waals surface area contributed by atoms with E-state index in [1.807, 2.05) is 6.07 Å². The molecule has 7 nitrogen and oxygen atoms in total. The zero-order valence-electron chi connectivity index (χ0n) is 16.8. The molecule has 0 aliphatic carbocycles. The van der Waals surface area contributed by atoms with Gasteiger partial charge >= 0.3 is 0 Å². The third-order valence-corrected chi connectivity index (χ3v) is 7.47. The molecule has 2 N–H and O–H groups in total. The van der Waals surface area contributed by atoms with Crippen molar-refractivity contribution in [3.8, 4) is 10.6 Å². The maximum absolute atomic E-state index is 12.7. The summed E-state index contributed by atoms with van der Waals surface area (Å²) in [5, 5.41) is 17.5. The topological polar surface area (TPSA) is 85.6 Å². The van der Waals surface area contributed by atoms with E-state index in [0.717, 1.165) is 44.6 Å². The normalized spacial score (nSPS) is 21.9. The Kier molecular flexibility index (Phi) is 5.22. The third kappa shape index (κ3) is 3.95. The molecule has 1 amide bonds. The number of aromatic nitrogens is 2. The number of aromatic amines is 1. The van der Waals surface area contributed by atoms with Crippen LogP contribution in [0.3, 0.4) is 0 Å². The van der Waals surface area contributed by atoms with E-state index in [2.05, 4.69) is 27.2 Å². The summed E-state index contributed by atoms with van der Waals surface area (Å²) in [6.45, 7) is 3.98. The number of β-amino-alcohol motifs (C(OH)–C–C–N with tert-alkyl or cyclic N) is 1. The number of furan rings is 1. The van der Waals surface area contributed by atoms with Crippen molar-refractivity contribution in [1.82, 2.24) is 20.0 Å². The van der Waals surface area contributed by atoms with E-state index in [9.17, 15) is 9.90 Å². The molecular formula is C22H26N4O3S. The van der Waals surface area contributed by atoms with Gasteiger partial charge in [0.25, 0.3) is 5.91 Å². The average Bonchev–Trinajstić information content (AvgIpc) is 3.51. The number of aliphatic hydroxyl groups excluding tert-OH is 1. The van der Waals surface area contributed by atoms with E-state index in [-0.39, 0.29) is 11.3 Å². The lowest BCUT2D eigenvalue weighted by Crippen LogP contribution is -2.55. The summed E-state index contributed by atoms with van der Waals surface area (Å²) in [6, 6.07) is 9.75. The minimum Gasteiger partial charge on any atom is -0.459 e. The van der Waals surface area contributed by atoms with Crippen LogP contribution in [0.15, 0.2) is 47.2 Å². The number of rotatable bonds is 4. The predicted octanol–water partition coefficient (Wildman–Crippen LogP) is 3.22. The number of hydrogen-bond donors (Lipinski definition) is 2. The van der Waals surface area contributed by atoms with Crippen molar-refractivity contribution >= 4 is 17.2 Å². The third-order valence-electron chi connectivity index (χ3n) is 6.37. The summed E-state index contributed by atoms with van der Waals surface area (Å²) < 4.78 is 5.29. The van der Waals surface area contributed by atoms with Gasteiger partial charge in [-0.05, 0) is 68.1 Å². The first-order valence-electron chi connectivity index (χ1n) is 10.4. The second-order valence-electron chi connectivity index (χ2n) is 8.53. The second kappa shape index (κ2) is 8.02. The van der Waals surface area contributed by atoms with Gasteiger partial charge in [0.15, 0.2) is 5.76 Å². The van der Waals surface area contributed by atoms with Gasteiger partial charge in [-0.2, -0.15) is 5.10 Å². The van der Waals surface area contributed by atoms with Gasteiger partial charge in [0, 0.05) is 30.7 Å². The average molecular weight is 427 g/mol. The lowest BCUT2D eigenvalue weighted by molar-refractivity contribution is -0.0344. The minimum atomic E-state index is -0.474. The van der Waals surface area contributed by atoms with Crippen LogP contribution in [0.25, 0.3) is 10.6 Å². The molecular weight excluding hydrogens is 400 g/mol. The largest absolute Gasteiger partial charge is 0.459 e. The molecule has 3 aromatic heterocycles. The molecule has 30 heavy (non-hydrogen) atoms. The van der Waals surface area contributed by atoms with Gasteiger partial charge in [0.05, 0.1) is 22.9 Å². The molecule has 2 saturated heterocycles. The molecule has 0 saturated carbocycles. The number of carbonyl (C=O) groups excluding carboxylic acids is 1. The lowest BCUT2D eigenvalue weighted by Gasteiger charge is -2.49. The monoisotopic (exact) mass is 426 g/mol. The van der Waals surface area contributed by atoms with Gasteiger partial charge in [0.1, 0.15) is 0 Å². The fourth-order valence-electron chi connectivity index (χ4n) is 4.83. The second-order valence-corrected chi connectivity index (χ2v) is 9.70. The van der Waals surface area contributed by atoms with Crippen molar-refractivity contribution in [2.24, 2.45) is 5.41 Å². The number of aliphatic hydroxyl groups is 1. The van der Waals surface area contributed by atoms with Gasteiger partial charge in [0.2, 0.25) is 0 Å². The summed E-state index contributed by atoms with van der Waals surface area (Å²) >= 11 is 1.80. The number of nitrogens with zero attached hydrogens (tertiary/aromatic N) is 3. The van der Waals surface area contributed by atoms with Gasteiger partial charge in [-0.25, -0.2) is 0 Å². The molecule has 3 aromatic rings. The molecule has 158 valence electrons. The van der Waals surface area contributed by atoms with Crippen LogP contribution >= 0.6 is 11.3 Å². The van der Waals surface area contributed by atoms with E-state index in [0.29, 0.717) is 18.8 Å². The molecule has 5 rings (SSSR count). The summed E-state index contributed by atoms with van der Waals surface area (Å²) in [5.41, 5.74) is 1.05. The molecule has 5 heterocycles. The van der Waals surface area contributed by atoms with Gasteiger partial charge < -0.3 is 14.4 Å². The first-order valence-corrected chi connectivity index (χ1v) is 11.2. The highest BCUT2D eigenvalue weighted by Crippen LogP contribution is 2.41. The predicted molar refractivity (Wildman–Crippen MR) is 114 cm³/mol.